The lowest BCUT2D eigenvalue weighted by atomic mass is 9.98. The van der Waals surface area contributed by atoms with Gasteiger partial charge in [0, 0.05) is 123 Å². The summed E-state index contributed by atoms with van der Waals surface area (Å²) in [7, 11) is -5.62. The number of nitrogens with one attached hydrogen (secondary N) is 1. The summed E-state index contributed by atoms with van der Waals surface area (Å²) in [6.45, 7) is 18.3. The Bertz CT molecular complexity index is 5250. The smallest absolute Gasteiger partial charge is 0.235 e. The number of rotatable bonds is 23. The summed E-state index contributed by atoms with van der Waals surface area (Å²) in [6, 6.07) is 30.5. The zero-order valence-electron chi connectivity index (χ0n) is 122. The number of hydrogen-bond donors (Lipinski definition) is 3. The molecule has 7 aromatic carbocycles. The molecule has 0 saturated heterocycles. The van der Waals surface area contributed by atoms with Crippen LogP contribution in [0.2, 0.25) is 25.1 Å². The highest BCUT2D eigenvalue weighted by atomic mass is 127. The van der Waals surface area contributed by atoms with Crippen molar-refractivity contribution in [3.63, 3.8) is 0 Å². The fraction of sp³-hybridized carbons (Fsp3) is 0.360. The predicted molar refractivity (Wildman–Crippen MR) is 547 cm³/mol. The number of methoxy groups -OCH3 is 4. The van der Waals surface area contributed by atoms with Gasteiger partial charge >= 0.3 is 0 Å². The number of phenolic OH excluding ortho intramolecular Hbond substituents is 1. The number of Topliss-reactive ketones (excluding diaryl/α,β-unsaturated/α-hetero) is 1. The van der Waals surface area contributed by atoms with Gasteiger partial charge in [0.15, 0.2) is 16.0 Å². The Morgan fingerprint density at radius 2 is 1.18 bits per heavy atom. The molecule has 0 aliphatic heterocycles. The van der Waals surface area contributed by atoms with Crippen molar-refractivity contribution in [2.24, 2.45) is 11.8 Å². The van der Waals surface area contributed by atoms with Crippen LogP contribution in [-0.2, 0) is 17.8 Å². The van der Waals surface area contributed by atoms with Gasteiger partial charge in [-0.15, -0.1) is 35.5 Å². The number of phenols is 1. The van der Waals surface area contributed by atoms with Crippen molar-refractivity contribution >= 4 is 180 Å². The van der Waals surface area contributed by atoms with E-state index in [9.17, 15) is 23.5 Å². The zero-order chi connectivity index (χ0) is 141. The molecule has 2 heterocycles. The van der Waals surface area contributed by atoms with E-state index < -0.39 is 44.2 Å². The highest BCUT2D eigenvalue weighted by Gasteiger charge is 2.33. The first-order valence-corrected chi connectivity index (χ1v) is 42.4. The van der Waals surface area contributed by atoms with Crippen LogP contribution in [0.15, 0.2) is 109 Å². The van der Waals surface area contributed by atoms with Gasteiger partial charge in [0.05, 0.1) is 106 Å². The number of nitriles is 1. The molecule has 2 aliphatic carbocycles. The molecule has 4 atom stereocenters. The number of aliphatic hydroxyl groups is 1. The van der Waals surface area contributed by atoms with Crippen LogP contribution in [0, 0.1) is 107 Å². The van der Waals surface area contributed by atoms with Crippen molar-refractivity contribution in [1.82, 2.24) is 9.97 Å². The Morgan fingerprint density at radius 1 is 0.708 bits per heavy atom. The first-order valence-electron chi connectivity index (χ1n) is 64.7. The first-order chi connectivity index (χ1) is 82.2. The van der Waals surface area contributed by atoms with Crippen LogP contribution < -0.4 is 29.2 Å². The lowest BCUT2D eigenvalue weighted by Gasteiger charge is -2.31. The summed E-state index contributed by atoms with van der Waals surface area (Å²) < 4.78 is 365. The molecule has 0 radical (unpaired) electrons. The number of hydrogen-bond acceptors (Lipinski definition) is 16. The van der Waals surface area contributed by atoms with Crippen molar-refractivity contribution in [3.05, 3.63) is 211 Å². The van der Waals surface area contributed by atoms with E-state index in [1.165, 1.54) is 65.0 Å². The Morgan fingerprint density at radius 3 is 1.65 bits per heavy atom. The molecule has 0 spiro atoms. The van der Waals surface area contributed by atoms with Gasteiger partial charge in [0.1, 0.15) is 45.8 Å². The van der Waals surface area contributed by atoms with Crippen LogP contribution >= 0.6 is 158 Å². The number of aromatic hydroxyl groups is 1. The molecule has 113 heavy (non-hydrogen) atoms. The quantitative estimate of drug-likeness (QED) is 0.0105. The van der Waals surface area contributed by atoms with Gasteiger partial charge in [0.25, 0.3) is 0 Å². The number of anilines is 2. The number of nitrogens with zero attached hydrogens (tertiary/aromatic N) is 4. The summed E-state index contributed by atoms with van der Waals surface area (Å²) in [5.41, 5.74) is 9.96. The number of aromatic nitrogens is 2. The number of halogens is 11. The third-order valence-corrected chi connectivity index (χ3v) is 22.5. The molecular weight excluding hydrogens is 1870 g/mol. The minimum Gasteiger partial charge on any atom is -0.508 e. The number of ether oxygens (including phenoxy) is 4. The molecule has 3 N–H and O–H groups in total. The molecule has 2 aromatic heterocycles. The summed E-state index contributed by atoms with van der Waals surface area (Å²) in [5, 5.41) is 35.9. The molecule has 13 nitrogen and oxygen atoms in total. The summed E-state index contributed by atoms with van der Waals surface area (Å²) in [4.78, 5) is 33.7. The highest BCUT2D eigenvalue weighted by molar-refractivity contribution is 14.1. The second kappa shape index (κ2) is 50.5. The maximum absolute atomic E-state index is 14.6. The molecule has 0 amide bonds. The minimum atomic E-state index is -1.78. The van der Waals surface area contributed by atoms with Crippen molar-refractivity contribution in [3.8, 4) is 81.4 Å². The lowest BCUT2D eigenvalue weighted by Crippen LogP contribution is -2.29. The van der Waals surface area contributed by atoms with E-state index in [-0.39, 0.29) is 62.4 Å². The predicted octanol–water partition coefficient (Wildman–Crippen LogP) is 33.4. The van der Waals surface area contributed by atoms with Crippen LogP contribution in [0.25, 0.3) is 22.5 Å². The largest absolute Gasteiger partial charge is 0.508 e. The second-order valence-corrected chi connectivity index (χ2v) is 33.4. The Balaban J connectivity index is -0.0000000648. The van der Waals surface area contributed by atoms with Crippen LogP contribution in [0.5, 0.6) is 28.7 Å². The monoisotopic (exact) mass is 2070 g/mol. The topological polar surface area (TPSA) is 176 Å². The average molecular weight is 2080 g/mol. The van der Waals surface area contributed by atoms with E-state index in [2.05, 4.69) is 53.9 Å². The molecule has 0 bridgehead atoms. The average Bonchev–Trinajstić information content (AvgIpc) is 1.63. The fourth-order valence-electron chi connectivity index (χ4n) is 10.6. The molecular formula is C86H150Br2Cl6F2IN5O8S3. The molecule has 2 aliphatic rings. The van der Waals surface area contributed by atoms with Crippen LogP contribution in [-0.4, -0.2) is 86.3 Å². The number of thiazole rings is 2. The van der Waals surface area contributed by atoms with Gasteiger partial charge in [-0.05, 0) is 239 Å². The van der Waals surface area contributed by atoms with Crippen molar-refractivity contribution < 1.29 is 140 Å². The Kier molecular flexibility index (Phi) is 25.6. The molecule has 2 unspecified atom stereocenters. The van der Waals surface area contributed by atoms with E-state index in [1.54, 1.807) is 92.8 Å². The van der Waals surface area contributed by atoms with Gasteiger partial charge in [-0.2, -0.15) is 5.26 Å². The third kappa shape index (κ3) is 31.4. The molecule has 9 aromatic rings. The Labute approximate surface area is 833 Å². The summed E-state index contributed by atoms with van der Waals surface area (Å²) in [6.07, 6.45) is 17.7. The lowest BCUT2D eigenvalue weighted by molar-refractivity contribution is -0.110. The molecule has 2 fully saturated rings. The fourth-order valence-corrected chi connectivity index (χ4v) is 13.9. The van der Waals surface area contributed by atoms with Gasteiger partial charge in [-0.1, -0.05) is 193 Å². The second-order valence-electron chi connectivity index (χ2n) is 25.5. The molecule has 2 saturated carbocycles. The molecule has 27 heteroatoms. The van der Waals surface area contributed by atoms with Crippen LogP contribution in [0.3, 0.4) is 0 Å². The number of benzene rings is 7. The minimum absolute atomic E-state index is 0. The normalized spacial score (nSPS) is 15.9. The number of ketones is 1. The molecule has 11 rings (SSSR count). The van der Waals surface area contributed by atoms with Gasteiger partial charge < -0.3 is 39.4 Å². The highest BCUT2D eigenvalue weighted by Crippen LogP contribution is 2.47. The van der Waals surface area contributed by atoms with Crippen molar-refractivity contribution in [1.29, 1.82) is 5.26 Å². The number of thiocyanates is 1. The first kappa shape index (κ1) is 57.1. The number of thioether (sulfide) groups is 1. The van der Waals surface area contributed by atoms with Gasteiger partial charge in [-0.25, -0.2) is 18.7 Å². The van der Waals surface area contributed by atoms with Crippen LogP contribution in [0.1, 0.15) is 234 Å². The van der Waals surface area contributed by atoms with Gasteiger partial charge in [0.2, 0.25) is 5.24 Å². The SMILES string of the molecule is C#CCBr.CC(Br)C(=O)Cl.Cc1ccc(Cl)cc1O.[2HH].[2HH].[2HH].[2HH].[2H]C([2H])Oc1cc(Cl)c(-c2nc(N(CC#C)[C@@H](CC3CC3)c3ccc(CO)c(F)c3)sc2C)cc1C.[2H]C([2H])Oc1cc(Cl)c(-c2nc(N[C@@H](CC3CC3)c3ccc(CC)c(F)c3)sc2C)cc1C.[2H]C([2H])Oc1cc(Cl)c(C(=O)C(C)SC#N)cc1C.[2H]C([2H])Oc1cc(Cl)ccc1C.[2H][13C]([2H])([2H])I.[2H][2H].[2H][2H].[2H][2H].[2H][2H].[2H][2H].[2H][2H].[2H][2H].[2H][2H].[2H][2H].[2H][2H].[2H][2H].[2H][2H].[2H][2H].[2H][2H].[2H][2H].[2H][2H].[2H][2H].[2H][2H].[2H][2H].[2H][2H].[2H][2H].[2H][2H].[2H][2H].[2H][2H]. The van der Waals surface area contributed by atoms with E-state index in [0.29, 0.717) is 84.3 Å². The van der Waals surface area contributed by atoms with Crippen molar-refractivity contribution in [2.75, 3.05) is 55.2 Å². The number of aryl methyl sites for hydroxylation is 8. The third-order valence-electron chi connectivity index (χ3n) is 17.2. The zero-order valence-corrected chi connectivity index (χ0v) is 75.7. The van der Waals surface area contributed by atoms with E-state index in [4.69, 9.17) is 208 Å². The van der Waals surface area contributed by atoms with E-state index in [1.807, 2.05) is 84.2 Å². The Hall–Kier alpha value is -6.05. The number of aliphatic hydroxyl groups excluding tert-OH is 1. The number of terminal acetylenes is 2. The van der Waals surface area contributed by atoms with E-state index >= 15 is 0 Å². The maximum atomic E-state index is 14.6. The summed E-state index contributed by atoms with van der Waals surface area (Å²) >= 11 is 46.6. The number of carbonyl (C=O) groups excluding carboxylic acids is 2. The van der Waals surface area contributed by atoms with E-state index in [0.717, 1.165) is 119 Å². The van der Waals surface area contributed by atoms with Crippen molar-refractivity contribution in [2.45, 2.75) is 143 Å². The number of carbonyl (C=O) groups is 2. The molecule has 662 valence electrons. The standard InChI is InChI=1S/C27H28ClFN2O2S.C25H28ClFN2OS.C12H12ClNO2S.C8H9ClO.C7H7ClO.C3H4BrClO.C3H3Br.CH3I.28H2/c1-5-10-31(24(12-18-6-7-18)19-8-9-20(15-32)23(29)13-19)27-30-26(17(3)34-27)21-11-16(2)25(33-4)14-22(21)28;1-5-17-8-9-18(12-21(17)27)22(11-16-6-7-16)28-25-29-24(15(3)31-25)19-10-14(2)23(30-4)13-20(19)26;1-7-4-9(10(13)5-11(7)16-3)12(15)8(2)17-6-14;1-6-3-4-7(9)5-8(6)10-2;1-5-2-3-6(8)4-7(5)9;1-2(4)3(5)6;1-2-3-4;1-2;;;;;;;;;;;;;;;;;;;;;;;;;;;;/h1,8-9,11,13-14,18,24,32H,6-7,10,12,15H2,2-4H3;8-10,12-13,16,22H,5-7,11H2,1-4H3,(H,28,29);4-5,8H,1-3H3;3-5H,1-2H3;2-4,9H,1H3;2H,1H3;1H,3H2;1H3;28*1H/t24-;22-;;;;;;;;;;;;;;;;;;;;;;;;;;;;;;;;;;/m00................................../s1/i2*4D2;3D2;2D2;;;;1+1D3;24*1+1D;4*1+1. The maximum Gasteiger partial charge on any atom is 0.235 e. The summed E-state index contributed by atoms with van der Waals surface area (Å²) in [5.74, 6) is 7.35. The van der Waals surface area contributed by atoms with Gasteiger partial charge in [-0.3, -0.25) is 9.59 Å². The van der Waals surface area contributed by atoms with Crippen LogP contribution in [0.4, 0.5) is 19.0 Å². The number of alkyl halides is 3.